The smallest absolute Gasteiger partial charge is 0.277 e. The lowest BCUT2D eigenvalue weighted by molar-refractivity contribution is 0.0985. The molecule has 0 aliphatic carbocycles. The van der Waals surface area contributed by atoms with Crippen molar-refractivity contribution in [3.8, 4) is 16.3 Å². The lowest BCUT2D eigenvalue weighted by Crippen LogP contribution is -2.29. The Morgan fingerprint density at radius 1 is 1.26 bits per heavy atom. The molecule has 0 saturated carbocycles. The highest BCUT2D eigenvalue weighted by Crippen LogP contribution is 2.33. The number of amides is 1. The monoisotopic (exact) mass is 386 g/mol. The lowest BCUT2D eigenvalue weighted by atomic mass is 10.1. The molecular weight excluding hydrogens is 370 g/mol. The van der Waals surface area contributed by atoms with Crippen LogP contribution in [0, 0.1) is 11.6 Å². The molecule has 4 nitrogen and oxygen atoms in total. The number of carbonyl (C=O) groups excluding carboxylic acids is 1. The Kier molecular flexibility index (Phi) is 4.61. The average Bonchev–Trinajstić information content (AvgIpc) is 3.29. The summed E-state index contributed by atoms with van der Waals surface area (Å²) in [6.45, 7) is 2.82. The first-order valence-corrected chi connectivity index (χ1v) is 9.43. The zero-order chi connectivity index (χ0) is 19.0. The molecule has 7 heteroatoms. The fraction of sp³-hybridized carbons (Fsp3) is 0.200. The van der Waals surface area contributed by atoms with Gasteiger partial charge in [0, 0.05) is 29.1 Å². The number of carbonyl (C=O) groups is 1. The third kappa shape index (κ3) is 3.30. The average molecular weight is 386 g/mol. The third-order valence-corrected chi connectivity index (χ3v) is 5.28. The van der Waals surface area contributed by atoms with Gasteiger partial charge < -0.3 is 9.64 Å². The molecule has 1 aliphatic rings. The molecule has 1 amide bonds. The van der Waals surface area contributed by atoms with Crippen molar-refractivity contribution in [1.29, 1.82) is 0 Å². The van der Waals surface area contributed by atoms with Gasteiger partial charge in [0.1, 0.15) is 28.1 Å². The van der Waals surface area contributed by atoms with Gasteiger partial charge in [0.2, 0.25) is 0 Å². The van der Waals surface area contributed by atoms with E-state index >= 15 is 0 Å². The van der Waals surface area contributed by atoms with Gasteiger partial charge in [-0.25, -0.2) is 13.8 Å². The number of ether oxygens (including phenoxy) is 1. The zero-order valence-electron chi connectivity index (χ0n) is 14.5. The molecule has 27 heavy (non-hydrogen) atoms. The van der Waals surface area contributed by atoms with Crippen LogP contribution in [0.1, 0.15) is 23.0 Å². The number of hydrogen-bond acceptors (Lipinski definition) is 4. The summed E-state index contributed by atoms with van der Waals surface area (Å²) >= 11 is 1.35. The molecule has 1 aliphatic heterocycles. The Labute approximate surface area is 159 Å². The van der Waals surface area contributed by atoms with Crippen LogP contribution in [-0.2, 0) is 6.42 Å². The van der Waals surface area contributed by atoms with Gasteiger partial charge in [0.15, 0.2) is 0 Å². The zero-order valence-corrected chi connectivity index (χ0v) is 15.4. The number of anilines is 1. The lowest BCUT2D eigenvalue weighted by Gasteiger charge is -2.16. The number of nitrogens with zero attached hydrogens (tertiary/aromatic N) is 2. The topological polar surface area (TPSA) is 42.4 Å². The Morgan fingerprint density at radius 3 is 2.78 bits per heavy atom. The van der Waals surface area contributed by atoms with Crippen molar-refractivity contribution in [2.45, 2.75) is 13.3 Å². The summed E-state index contributed by atoms with van der Waals surface area (Å²) in [5.41, 5.74) is 1.79. The van der Waals surface area contributed by atoms with Gasteiger partial charge in [0.25, 0.3) is 5.91 Å². The number of hydrogen-bond donors (Lipinski definition) is 0. The highest BCUT2D eigenvalue weighted by Gasteiger charge is 2.30. The van der Waals surface area contributed by atoms with Gasteiger partial charge in [-0.05, 0) is 43.7 Å². The quantitative estimate of drug-likeness (QED) is 0.653. The number of fused-ring (bicyclic) bond motifs is 1. The van der Waals surface area contributed by atoms with E-state index in [1.54, 1.807) is 5.38 Å². The van der Waals surface area contributed by atoms with Crippen molar-refractivity contribution in [3.63, 3.8) is 0 Å². The molecule has 0 fully saturated rings. The van der Waals surface area contributed by atoms with Crippen LogP contribution in [0.5, 0.6) is 5.75 Å². The van der Waals surface area contributed by atoms with E-state index < -0.39 is 11.6 Å². The second-order valence-electron chi connectivity index (χ2n) is 6.09. The van der Waals surface area contributed by atoms with Gasteiger partial charge in [-0.2, -0.15) is 0 Å². The maximum absolute atomic E-state index is 13.9. The Balaban J connectivity index is 1.59. The van der Waals surface area contributed by atoms with Gasteiger partial charge in [-0.1, -0.05) is 0 Å². The van der Waals surface area contributed by atoms with Crippen LogP contribution in [0.15, 0.2) is 41.8 Å². The molecular formula is C20H16F2N2O2S. The van der Waals surface area contributed by atoms with E-state index in [-0.39, 0.29) is 17.3 Å². The van der Waals surface area contributed by atoms with Crippen LogP contribution in [0.2, 0.25) is 0 Å². The van der Waals surface area contributed by atoms with E-state index in [2.05, 4.69) is 4.98 Å². The molecule has 0 unspecified atom stereocenters. The number of halogens is 2. The van der Waals surface area contributed by atoms with E-state index in [1.807, 2.05) is 31.2 Å². The van der Waals surface area contributed by atoms with E-state index in [4.69, 9.17) is 4.74 Å². The first kappa shape index (κ1) is 17.6. The molecule has 2 heterocycles. The van der Waals surface area contributed by atoms with E-state index in [9.17, 15) is 13.6 Å². The molecule has 0 N–H and O–H groups in total. The predicted octanol–water partition coefficient (Wildman–Crippen LogP) is 4.69. The van der Waals surface area contributed by atoms with Crippen molar-refractivity contribution in [3.05, 3.63) is 64.7 Å². The van der Waals surface area contributed by atoms with Crippen molar-refractivity contribution >= 4 is 22.9 Å². The van der Waals surface area contributed by atoms with Gasteiger partial charge >= 0.3 is 0 Å². The molecule has 0 atom stereocenters. The molecule has 1 aromatic heterocycles. The number of thiazole rings is 1. The Bertz CT molecular complexity index is 1000. The summed E-state index contributed by atoms with van der Waals surface area (Å²) in [6.07, 6.45) is 0.364. The van der Waals surface area contributed by atoms with Crippen molar-refractivity contribution in [2.24, 2.45) is 0 Å². The largest absolute Gasteiger partial charge is 0.494 e. The number of benzene rings is 2. The van der Waals surface area contributed by atoms with Crippen LogP contribution >= 0.6 is 11.3 Å². The Morgan fingerprint density at radius 2 is 2.04 bits per heavy atom. The first-order valence-electron chi connectivity index (χ1n) is 8.55. The normalized spacial score (nSPS) is 12.9. The molecule has 0 saturated heterocycles. The summed E-state index contributed by atoms with van der Waals surface area (Å²) in [5.74, 6) is -0.896. The molecule has 4 rings (SSSR count). The van der Waals surface area contributed by atoms with E-state index in [1.165, 1.54) is 22.3 Å². The summed E-state index contributed by atoms with van der Waals surface area (Å²) in [5, 5.41) is 2.37. The van der Waals surface area contributed by atoms with Crippen LogP contribution in [0.3, 0.4) is 0 Å². The highest BCUT2D eigenvalue weighted by atomic mass is 32.1. The maximum Gasteiger partial charge on any atom is 0.277 e. The van der Waals surface area contributed by atoms with Gasteiger partial charge in [0.05, 0.1) is 12.3 Å². The summed E-state index contributed by atoms with van der Waals surface area (Å²) < 4.78 is 32.9. The van der Waals surface area contributed by atoms with E-state index in [0.29, 0.717) is 30.1 Å². The van der Waals surface area contributed by atoms with Gasteiger partial charge in [-0.15, -0.1) is 11.3 Å². The van der Waals surface area contributed by atoms with Crippen molar-refractivity contribution < 1.29 is 18.3 Å². The minimum atomic E-state index is -0.695. The molecule has 138 valence electrons. The minimum Gasteiger partial charge on any atom is -0.494 e. The second kappa shape index (κ2) is 7.08. The Hall–Kier alpha value is -2.80. The van der Waals surface area contributed by atoms with Crippen molar-refractivity contribution in [2.75, 3.05) is 18.1 Å². The third-order valence-electron chi connectivity index (χ3n) is 4.39. The summed E-state index contributed by atoms with van der Waals surface area (Å²) in [4.78, 5) is 18.6. The second-order valence-corrected chi connectivity index (χ2v) is 6.95. The molecule has 3 aromatic rings. The van der Waals surface area contributed by atoms with E-state index in [0.717, 1.165) is 17.4 Å². The van der Waals surface area contributed by atoms with Crippen LogP contribution in [0.4, 0.5) is 14.5 Å². The minimum absolute atomic E-state index is 0.265. The molecule has 0 radical (unpaired) electrons. The van der Waals surface area contributed by atoms with Crippen LogP contribution in [0.25, 0.3) is 10.6 Å². The van der Waals surface area contributed by atoms with Crippen molar-refractivity contribution in [1.82, 2.24) is 4.98 Å². The predicted molar refractivity (Wildman–Crippen MR) is 100 cm³/mol. The fourth-order valence-corrected chi connectivity index (χ4v) is 3.94. The molecule has 0 spiro atoms. The van der Waals surface area contributed by atoms with Gasteiger partial charge in [-0.3, -0.25) is 4.79 Å². The maximum atomic E-state index is 13.9. The SMILES string of the molecule is CCOc1ccc(-c2nc(C(=O)N3CCc4c(F)cc(F)cc43)cs2)cc1. The number of aromatic nitrogens is 1. The molecule has 2 aromatic carbocycles. The van der Waals surface area contributed by atoms with Crippen LogP contribution in [-0.4, -0.2) is 24.0 Å². The fourth-order valence-electron chi connectivity index (χ4n) is 3.14. The van der Waals surface area contributed by atoms with Crippen LogP contribution < -0.4 is 9.64 Å². The highest BCUT2D eigenvalue weighted by molar-refractivity contribution is 7.13. The summed E-state index contributed by atoms with van der Waals surface area (Å²) in [6, 6.07) is 9.51. The number of rotatable bonds is 4. The first-order chi connectivity index (χ1) is 13.1. The standard InChI is InChI=1S/C20H16F2N2O2S/c1-2-26-14-5-3-12(4-6-14)19-23-17(11-27-19)20(25)24-8-7-15-16(22)9-13(21)10-18(15)24/h3-6,9-11H,2,7-8H2,1H3. The molecule has 0 bridgehead atoms. The summed E-state index contributed by atoms with van der Waals surface area (Å²) in [7, 11) is 0.